The minimum absolute atomic E-state index is 0.330. The highest BCUT2D eigenvalue weighted by Crippen LogP contribution is 2.25. The molecule has 0 spiro atoms. The van der Waals surface area contributed by atoms with Crippen LogP contribution in [-0.2, 0) is 0 Å². The number of rotatable bonds is 3. The Hall–Kier alpha value is -1.91. The van der Waals surface area contributed by atoms with Crippen LogP contribution < -0.4 is 0 Å². The van der Waals surface area contributed by atoms with Crippen LogP contribution in [0, 0.1) is 6.92 Å². The molecule has 5 heteroatoms. The van der Waals surface area contributed by atoms with Gasteiger partial charge in [-0.05, 0) is 41.0 Å². The van der Waals surface area contributed by atoms with Gasteiger partial charge in [0.25, 0.3) is 5.89 Å². The first-order chi connectivity index (χ1) is 9.74. The van der Waals surface area contributed by atoms with Crippen LogP contribution >= 0.6 is 22.9 Å². The minimum atomic E-state index is 0.330. The minimum Gasteiger partial charge on any atom is -0.333 e. The molecule has 2 heterocycles. The Balaban J connectivity index is 1.93. The molecule has 2 aromatic heterocycles. The Morgan fingerprint density at radius 3 is 2.90 bits per heavy atom. The van der Waals surface area contributed by atoms with Crippen molar-refractivity contribution in [1.29, 1.82) is 0 Å². The van der Waals surface area contributed by atoms with E-state index in [1.54, 1.807) is 11.3 Å². The molecule has 0 saturated carbocycles. The number of hydrogen-bond donors (Lipinski definition) is 0. The van der Waals surface area contributed by atoms with E-state index >= 15 is 0 Å². The molecule has 100 valence electrons. The largest absolute Gasteiger partial charge is 0.333 e. The van der Waals surface area contributed by atoms with Gasteiger partial charge < -0.3 is 4.52 Å². The predicted octanol–water partition coefficient (Wildman–Crippen LogP) is 4.84. The van der Waals surface area contributed by atoms with Gasteiger partial charge in [-0.15, -0.1) is 0 Å². The molecule has 0 aliphatic rings. The normalized spacial score (nSPS) is 11.8. The first kappa shape index (κ1) is 13.1. The molecule has 0 amide bonds. The van der Waals surface area contributed by atoms with E-state index in [2.05, 4.69) is 10.1 Å². The third kappa shape index (κ3) is 2.66. The first-order valence-corrected chi connectivity index (χ1v) is 7.35. The lowest BCUT2D eigenvalue weighted by Crippen LogP contribution is -1.85. The highest BCUT2D eigenvalue weighted by atomic mass is 35.5. The quantitative estimate of drug-likeness (QED) is 0.694. The van der Waals surface area contributed by atoms with Gasteiger partial charge in [0.1, 0.15) is 5.03 Å². The highest BCUT2D eigenvalue weighted by molar-refractivity contribution is 7.08. The lowest BCUT2D eigenvalue weighted by Gasteiger charge is -1.97. The first-order valence-electron chi connectivity index (χ1n) is 6.03. The summed E-state index contributed by atoms with van der Waals surface area (Å²) in [5.41, 5.74) is 3.07. The number of nitrogens with zero attached hydrogens (tertiary/aromatic N) is 2. The summed E-state index contributed by atoms with van der Waals surface area (Å²) in [6.45, 7) is 2.01. The smallest absolute Gasteiger partial charge is 0.269 e. The molecule has 0 N–H and O–H groups in total. The second-order valence-electron chi connectivity index (χ2n) is 4.29. The molecular weight excluding hydrogens is 292 g/mol. The van der Waals surface area contributed by atoms with Crippen LogP contribution in [0.15, 0.2) is 45.6 Å². The van der Waals surface area contributed by atoms with Crippen LogP contribution in [0.5, 0.6) is 0 Å². The zero-order valence-corrected chi connectivity index (χ0v) is 12.3. The summed E-state index contributed by atoms with van der Waals surface area (Å²) in [6.07, 6.45) is 1.81. The van der Waals surface area contributed by atoms with Gasteiger partial charge in [0.05, 0.1) is 0 Å². The van der Waals surface area contributed by atoms with Gasteiger partial charge in [-0.2, -0.15) is 16.3 Å². The van der Waals surface area contributed by atoms with Crippen LogP contribution in [0.2, 0.25) is 0 Å². The Labute approximate surface area is 125 Å². The SMILES string of the molecule is Cc1ccccc1-c1noc(/C(Cl)=C/c2ccsc2)n1. The average molecular weight is 303 g/mol. The second kappa shape index (κ2) is 5.61. The van der Waals surface area contributed by atoms with Crippen molar-refractivity contribution in [3.05, 3.63) is 58.1 Å². The number of aryl methyl sites for hydroxylation is 1. The zero-order valence-electron chi connectivity index (χ0n) is 10.7. The summed E-state index contributed by atoms with van der Waals surface area (Å²) in [5, 5.41) is 8.42. The Morgan fingerprint density at radius 2 is 2.15 bits per heavy atom. The zero-order chi connectivity index (χ0) is 13.9. The van der Waals surface area contributed by atoms with E-state index in [1.807, 2.05) is 54.1 Å². The molecule has 0 unspecified atom stereocenters. The standard InChI is InChI=1S/C15H11ClN2OS/c1-10-4-2-3-5-12(10)14-17-15(19-18-14)13(16)8-11-6-7-20-9-11/h2-9H,1H3/b13-8-. The van der Waals surface area contributed by atoms with Crippen LogP contribution in [0.1, 0.15) is 17.0 Å². The van der Waals surface area contributed by atoms with Crippen LogP contribution in [-0.4, -0.2) is 10.1 Å². The van der Waals surface area contributed by atoms with E-state index in [1.165, 1.54) is 0 Å². The molecule has 0 aliphatic heterocycles. The molecule has 3 rings (SSSR count). The molecule has 3 aromatic rings. The third-order valence-corrected chi connectivity index (χ3v) is 3.83. The molecular formula is C15H11ClN2OS. The second-order valence-corrected chi connectivity index (χ2v) is 5.47. The van der Waals surface area contributed by atoms with E-state index in [4.69, 9.17) is 16.1 Å². The molecule has 0 atom stereocenters. The van der Waals surface area contributed by atoms with Gasteiger partial charge >= 0.3 is 0 Å². The van der Waals surface area contributed by atoms with Crippen LogP contribution in [0.25, 0.3) is 22.5 Å². The van der Waals surface area contributed by atoms with Gasteiger partial charge in [-0.25, -0.2) is 0 Å². The fourth-order valence-corrected chi connectivity index (χ4v) is 2.64. The summed E-state index contributed by atoms with van der Waals surface area (Å²) in [7, 11) is 0. The lowest BCUT2D eigenvalue weighted by atomic mass is 10.1. The van der Waals surface area contributed by atoms with Crippen molar-refractivity contribution in [3.63, 3.8) is 0 Å². The van der Waals surface area contributed by atoms with E-state index in [9.17, 15) is 0 Å². The average Bonchev–Trinajstić information content (AvgIpc) is 3.10. The van der Waals surface area contributed by atoms with Crippen LogP contribution in [0.4, 0.5) is 0 Å². The van der Waals surface area contributed by atoms with Gasteiger partial charge in [-0.1, -0.05) is 41.0 Å². The highest BCUT2D eigenvalue weighted by Gasteiger charge is 2.12. The molecule has 0 radical (unpaired) electrons. The molecule has 20 heavy (non-hydrogen) atoms. The van der Waals surface area contributed by atoms with E-state index in [-0.39, 0.29) is 0 Å². The molecule has 0 aliphatic carbocycles. The lowest BCUT2D eigenvalue weighted by molar-refractivity contribution is 0.410. The van der Waals surface area contributed by atoms with E-state index in [0.717, 1.165) is 16.7 Å². The monoisotopic (exact) mass is 302 g/mol. The van der Waals surface area contributed by atoms with E-state index < -0.39 is 0 Å². The number of thiophene rings is 1. The van der Waals surface area contributed by atoms with Gasteiger partial charge in [-0.3, -0.25) is 0 Å². The predicted molar refractivity (Wildman–Crippen MR) is 82.5 cm³/mol. The number of hydrogen-bond acceptors (Lipinski definition) is 4. The fraction of sp³-hybridized carbons (Fsp3) is 0.0667. The Morgan fingerprint density at radius 1 is 1.30 bits per heavy atom. The summed E-state index contributed by atoms with van der Waals surface area (Å²) in [5.74, 6) is 0.881. The van der Waals surface area contributed by atoms with Crippen LogP contribution in [0.3, 0.4) is 0 Å². The van der Waals surface area contributed by atoms with Gasteiger partial charge in [0.15, 0.2) is 0 Å². The van der Waals surface area contributed by atoms with E-state index in [0.29, 0.717) is 16.7 Å². The Kier molecular flexibility index (Phi) is 3.67. The third-order valence-electron chi connectivity index (χ3n) is 2.85. The number of benzene rings is 1. The molecule has 0 saturated heterocycles. The maximum atomic E-state index is 6.21. The molecule has 1 aromatic carbocycles. The molecule has 0 bridgehead atoms. The summed E-state index contributed by atoms with van der Waals surface area (Å²) >= 11 is 7.82. The van der Waals surface area contributed by atoms with Crippen molar-refractivity contribution >= 4 is 34.0 Å². The van der Waals surface area contributed by atoms with Crippen molar-refractivity contribution in [2.24, 2.45) is 0 Å². The summed E-state index contributed by atoms with van der Waals surface area (Å²) < 4.78 is 5.23. The van der Waals surface area contributed by atoms with Crippen molar-refractivity contribution in [2.45, 2.75) is 6.92 Å². The van der Waals surface area contributed by atoms with Crippen molar-refractivity contribution in [1.82, 2.24) is 10.1 Å². The maximum Gasteiger partial charge on any atom is 0.269 e. The van der Waals surface area contributed by atoms with Crippen molar-refractivity contribution in [2.75, 3.05) is 0 Å². The molecule has 3 nitrogen and oxygen atoms in total. The molecule has 0 fully saturated rings. The fourth-order valence-electron chi connectivity index (χ4n) is 1.82. The topological polar surface area (TPSA) is 38.9 Å². The van der Waals surface area contributed by atoms with Crippen molar-refractivity contribution in [3.8, 4) is 11.4 Å². The summed E-state index contributed by atoms with van der Waals surface area (Å²) in [6, 6.07) is 9.87. The van der Waals surface area contributed by atoms with Gasteiger partial charge in [0.2, 0.25) is 5.82 Å². The van der Waals surface area contributed by atoms with Crippen molar-refractivity contribution < 1.29 is 4.52 Å². The van der Waals surface area contributed by atoms with Gasteiger partial charge in [0, 0.05) is 5.56 Å². The summed E-state index contributed by atoms with van der Waals surface area (Å²) in [4.78, 5) is 4.35. The number of halogens is 1. The Bertz CT molecular complexity index is 747. The maximum absolute atomic E-state index is 6.21. The number of aromatic nitrogens is 2.